The van der Waals surface area contributed by atoms with Gasteiger partial charge in [0.15, 0.2) is 0 Å². The highest BCUT2D eigenvalue weighted by Crippen LogP contribution is 2.29. The van der Waals surface area contributed by atoms with E-state index in [2.05, 4.69) is 10.1 Å². The molecule has 1 N–H and O–H groups in total. The normalized spacial score (nSPS) is 15.0. The summed E-state index contributed by atoms with van der Waals surface area (Å²) in [5.41, 5.74) is -0.537. The van der Waals surface area contributed by atoms with Gasteiger partial charge >= 0.3 is 12.8 Å². The van der Waals surface area contributed by atoms with Crippen molar-refractivity contribution in [2.75, 3.05) is 38.0 Å². The van der Waals surface area contributed by atoms with Crippen molar-refractivity contribution < 1.29 is 36.3 Å². The zero-order valence-electron chi connectivity index (χ0n) is 16.7. The number of anilines is 1. The Morgan fingerprint density at radius 1 is 0.969 bits per heavy atom. The minimum atomic E-state index is -4.45. The first-order valence-electron chi connectivity index (χ1n) is 9.66. The third-order valence-corrected chi connectivity index (χ3v) is 4.86. The maximum atomic E-state index is 12.7. The molecule has 3 rings (SSSR count). The van der Waals surface area contributed by atoms with Gasteiger partial charge in [0, 0.05) is 31.9 Å². The van der Waals surface area contributed by atoms with E-state index in [4.69, 9.17) is 0 Å². The monoisotopic (exact) mass is 457 g/mol. The molecule has 0 aliphatic carbocycles. The number of ether oxygens (including phenoxy) is 1. The molecule has 0 saturated carbocycles. The summed E-state index contributed by atoms with van der Waals surface area (Å²) >= 11 is 0. The summed E-state index contributed by atoms with van der Waals surface area (Å²) < 4.78 is 67.3. The first-order valence-corrected chi connectivity index (χ1v) is 9.66. The maximum Gasteiger partial charge on any atom is 0.416 e. The van der Waals surface area contributed by atoms with E-state index in [1.165, 1.54) is 35.2 Å². The van der Waals surface area contributed by atoms with Gasteiger partial charge in [-0.25, -0.2) is 0 Å². The molecule has 0 spiro atoms. The highest BCUT2D eigenvalue weighted by Gasteiger charge is 2.30. The van der Waals surface area contributed by atoms with E-state index in [1.54, 1.807) is 11.0 Å². The lowest BCUT2D eigenvalue weighted by atomic mass is 10.1. The van der Waals surface area contributed by atoms with Crippen molar-refractivity contribution in [2.24, 2.45) is 0 Å². The fourth-order valence-corrected chi connectivity index (χ4v) is 3.27. The Bertz CT molecular complexity index is 942. The minimum absolute atomic E-state index is 0.00582. The van der Waals surface area contributed by atoms with Gasteiger partial charge in [0.1, 0.15) is 5.75 Å². The highest BCUT2D eigenvalue weighted by molar-refractivity contribution is 5.97. The van der Waals surface area contributed by atoms with Crippen LogP contribution in [0.4, 0.5) is 27.6 Å². The Kier molecular flexibility index (Phi) is 7.29. The van der Waals surface area contributed by atoms with E-state index in [1.807, 2.05) is 0 Å². The molecule has 0 unspecified atom stereocenters. The van der Waals surface area contributed by atoms with Crippen molar-refractivity contribution in [1.29, 1.82) is 0 Å². The molecule has 1 aliphatic heterocycles. The van der Waals surface area contributed by atoms with Crippen molar-refractivity contribution in [1.82, 2.24) is 9.80 Å². The minimum Gasteiger partial charge on any atom is -0.434 e. The Balaban J connectivity index is 1.51. The third kappa shape index (κ3) is 6.16. The van der Waals surface area contributed by atoms with Crippen LogP contribution in [-0.4, -0.2) is 60.9 Å². The van der Waals surface area contributed by atoms with Crippen molar-refractivity contribution >= 4 is 17.5 Å². The van der Waals surface area contributed by atoms with Crippen molar-refractivity contribution in [3.63, 3.8) is 0 Å². The topological polar surface area (TPSA) is 61.9 Å². The van der Waals surface area contributed by atoms with Crippen LogP contribution in [0.3, 0.4) is 0 Å². The van der Waals surface area contributed by atoms with Gasteiger partial charge in [0.05, 0.1) is 17.7 Å². The molecule has 1 aliphatic rings. The first kappa shape index (κ1) is 23.5. The van der Waals surface area contributed by atoms with Gasteiger partial charge < -0.3 is 15.0 Å². The summed E-state index contributed by atoms with van der Waals surface area (Å²) in [4.78, 5) is 28.2. The molecular formula is C21H20F5N3O3. The van der Waals surface area contributed by atoms with E-state index in [9.17, 15) is 31.5 Å². The summed E-state index contributed by atoms with van der Waals surface area (Å²) in [6.07, 6.45) is -4.45. The molecular weight excluding hydrogens is 437 g/mol. The summed E-state index contributed by atoms with van der Waals surface area (Å²) in [7, 11) is 0. The summed E-state index contributed by atoms with van der Waals surface area (Å²) in [6, 6.07) is 9.86. The van der Waals surface area contributed by atoms with Crippen molar-refractivity contribution in [3.8, 4) is 5.75 Å². The number of hydrogen-bond donors (Lipinski definition) is 1. The molecule has 0 bridgehead atoms. The summed E-state index contributed by atoms with van der Waals surface area (Å²) in [5, 5.41) is 2.54. The van der Waals surface area contributed by atoms with E-state index < -0.39 is 30.2 Å². The number of halogens is 5. The van der Waals surface area contributed by atoms with Crippen LogP contribution >= 0.6 is 0 Å². The molecule has 1 fully saturated rings. The molecule has 0 radical (unpaired) electrons. The van der Waals surface area contributed by atoms with E-state index in [-0.39, 0.29) is 36.6 Å². The van der Waals surface area contributed by atoms with Crippen LogP contribution in [-0.2, 0) is 11.0 Å². The summed E-state index contributed by atoms with van der Waals surface area (Å²) in [5.74, 6) is -1.05. The number of nitrogens with zero attached hydrogens (tertiary/aromatic N) is 2. The number of carbonyl (C=O) groups excluding carboxylic acids is 2. The molecule has 1 heterocycles. The third-order valence-electron chi connectivity index (χ3n) is 4.86. The fraction of sp³-hybridized carbons (Fsp3) is 0.333. The first-order chi connectivity index (χ1) is 15.1. The Morgan fingerprint density at radius 3 is 2.19 bits per heavy atom. The Morgan fingerprint density at radius 2 is 1.59 bits per heavy atom. The number of alkyl halides is 5. The molecule has 2 aromatic carbocycles. The van der Waals surface area contributed by atoms with Crippen LogP contribution in [0, 0.1) is 0 Å². The fourth-order valence-electron chi connectivity index (χ4n) is 3.27. The molecule has 32 heavy (non-hydrogen) atoms. The number of piperazine rings is 1. The van der Waals surface area contributed by atoms with Gasteiger partial charge in [-0.15, -0.1) is 0 Å². The number of para-hydroxylation sites is 1. The molecule has 1 saturated heterocycles. The van der Waals surface area contributed by atoms with Gasteiger partial charge in [0.25, 0.3) is 5.91 Å². The average molecular weight is 457 g/mol. The van der Waals surface area contributed by atoms with Crippen LogP contribution in [0.25, 0.3) is 0 Å². The number of amides is 2. The lowest BCUT2D eigenvalue weighted by Gasteiger charge is -2.34. The quantitative estimate of drug-likeness (QED) is 0.672. The second-order valence-electron chi connectivity index (χ2n) is 7.07. The SMILES string of the molecule is O=C(CN1CCN(C(=O)c2ccccc2OC(F)F)CC1)Nc1ccc(C(F)(F)F)cc1. The highest BCUT2D eigenvalue weighted by atomic mass is 19.4. The lowest BCUT2D eigenvalue weighted by Crippen LogP contribution is -2.50. The number of nitrogens with one attached hydrogen (secondary N) is 1. The van der Waals surface area contributed by atoms with Crippen LogP contribution in [0.5, 0.6) is 5.75 Å². The van der Waals surface area contributed by atoms with Crippen molar-refractivity contribution in [3.05, 3.63) is 59.7 Å². The molecule has 11 heteroatoms. The Hall–Kier alpha value is -3.21. The molecule has 172 valence electrons. The van der Waals surface area contributed by atoms with Crippen LogP contribution < -0.4 is 10.1 Å². The molecule has 0 atom stereocenters. The van der Waals surface area contributed by atoms with Crippen molar-refractivity contribution in [2.45, 2.75) is 12.8 Å². The number of hydrogen-bond acceptors (Lipinski definition) is 4. The Labute approximate surface area is 180 Å². The van der Waals surface area contributed by atoms with Gasteiger partial charge in [-0.1, -0.05) is 12.1 Å². The second-order valence-corrected chi connectivity index (χ2v) is 7.07. The van der Waals surface area contributed by atoms with Gasteiger partial charge in [-0.2, -0.15) is 22.0 Å². The number of carbonyl (C=O) groups is 2. The van der Waals surface area contributed by atoms with Crippen LogP contribution in [0.2, 0.25) is 0 Å². The smallest absolute Gasteiger partial charge is 0.416 e. The molecule has 0 aromatic heterocycles. The molecule has 2 aromatic rings. The standard InChI is InChI=1S/C21H20F5N3O3/c22-20(23)32-17-4-2-1-3-16(17)19(31)29-11-9-28(10-12-29)13-18(30)27-15-7-5-14(6-8-15)21(24,25)26/h1-8,20H,9-13H2,(H,27,30). The largest absolute Gasteiger partial charge is 0.434 e. The molecule has 6 nitrogen and oxygen atoms in total. The van der Waals surface area contributed by atoms with E-state index in [0.717, 1.165) is 12.1 Å². The lowest BCUT2D eigenvalue weighted by molar-refractivity contribution is -0.137. The predicted octanol–water partition coefficient (Wildman–Crippen LogP) is 3.70. The van der Waals surface area contributed by atoms with E-state index in [0.29, 0.717) is 13.1 Å². The number of rotatable bonds is 6. The molecule has 2 amide bonds. The maximum absolute atomic E-state index is 12.7. The average Bonchev–Trinajstić information content (AvgIpc) is 2.73. The zero-order chi connectivity index (χ0) is 23.3. The second kappa shape index (κ2) is 9.94. The predicted molar refractivity (Wildman–Crippen MR) is 105 cm³/mol. The van der Waals surface area contributed by atoms with Gasteiger partial charge in [0.2, 0.25) is 5.91 Å². The van der Waals surface area contributed by atoms with Gasteiger partial charge in [-0.3, -0.25) is 14.5 Å². The van der Waals surface area contributed by atoms with E-state index >= 15 is 0 Å². The van der Waals surface area contributed by atoms with Gasteiger partial charge in [-0.05, 0) is 36.4 Å². The summed E-state index contributed by atoms with van der Waals surface area (Å²) in [6.45, 7) is -1.78. The number of benzene rings is 2. The van der Waals surface area contributed by atoms with Crippen LogP contribution in [0.15, 0.2) is 48.5 Å². The zero-order valence-corrected chi connectivity index (χ0v) is 16.7. The van der Waals surface area contributed by atoms with Crippen LogP contribution in [0.1, 0.15) is 15.9 Å².